The first-order chi connectivity index (χ1) is 14.0. The number of halogens is 1. The Labute approximate surface area is 171 Å². The van der Waals surface area contributed by atoms with Gasteiger partial charge < -0.3 is 9.64 Å². The number of hydrogen-bond acceptors (Lipinski definition) is 5. The molecule has 2 aliphatic heterocycles. The van der Waals surface area contributed by atoms with Gasteiger partial charge in [0.1, 0.15) is 28.4 Å². The molecule has 6 nitrogen and oxygen atoms in total. The van der Waals surface area contributed by atoms with Crippen LogP contribution < -0.4 is 9.64 Å². The Morgan fingerprint density at radius 1 is 0.931 bits per heavy atom. The van der Waals surface area contributed by atoms with Crippen molar-refractivity contribution in [1.82, 2.24) is 9.29 Å². The lowest BCUT2D eigenvalue weighted by Crippen LogP contribution is -2.39. The smallest absolute Gasteiger partial charge is 0.244 e. The maximum absolute atomic E-state index is 13.0. The van der Waals surface area contributed by atoms with E-state index >= 15 is 0 Å². The minimum Gasteiger partial charge on any atom is -0.490 e. The second-order valence-corrected chi connectivity index (χ2v) is 9.51. The Hall–Kier alpha value is -2.19. The highest BCUT2D eigenvalue weighted by Gasteiger charge is 2.27. The van der Waals surface area contributed by atoms with Crippen LogP contribution in [0.3, 0.4) is 0 Å². The van der Waals surface area contributed by atoms with Crippen molar-refractivity contribution in [2.45, 2.75) is 43.1 Å². The van der Waals surface area contributed by atoms with E-state index in [9.17, 15) is 12.8 Å². The Balaban J connectivity index is 1.34. The van der Waals surface area contributed by atoms with Crippen molar-refractivity contribution in [3.63, 3.8) is 0 Å². The predicted molar refractivity (Wildman–Crippen MR) is 109 cm³/mol. The molecule has 1 aromatic heterocycles. The lowest BCUT2D eigenvalue weighted by Gasteiger charge is -2.33. The van der Waals surface area contributed by atoms with Gasteiger partial charge in [0.05, 0.1) is 0 Å². The normalized spacial score (nSPS) is 19.3. The average Bonchev–Trinajstić information content (AvgIpc) is 2.77. The first-order valence-corrected chi connectivity index (χ1v) is 11.6. The highest BCUT2D eigenvalue weighted by atomic mass is 32.2. The summed E-state index contributed by atoms with van der Waals surface area (Å²) in [5.41, 5.74) is 0. The summed E-state index contributed by atoms with van der Waals surface area (Å²) in [6.45, 7) is 2.73. The first kappa shape index (κ1) is 20.1. The van der Waals surface area contributed by atoms with E-state index in [0.717, 1.165) is 51.0 Å². The number of pyridine rings is 1. The summed E-state index contributed by atoms with van der Waals surface area (Å²) < 4.78 is 46.0. The summed E-state index contributed by atoms with van der Waals surface area (Å²) in [6.07, 6.45) is 6.12. The molecule has 0 unspecified atom stereocenters. The molecular weight excluding hydrogens is 393 g/mol. The molecule has 0 aliphatic carbocycles. The van der Waals surface area contributed by atoms with Gasteiger partial charge in [0.25, 0.3) is 0 Å². The van der Waals surface area contributed by atoms with Crippen LogP contribution in [0.4, 0.5) is 10.2 Å². The van der Waals surface area contributed by atoms with Crippen molar-refractivity contribution >= 4 is 15.8 Å². The van der Waals surface area contributed by atoms with Crippen LogP contribution in [0, 0.1) is 5.82 Å². The van der Waals surface area contributed by atoms with E-state index in [1.807, 2.05) is 0 Å². The number of piperidine rings is 2. The summed E-state index contributed by atoms with van der Waals surface area (Å²) in [7, 11) is -3.45. The summed E-state index contributed by atoms with van der Waals surface area (Å²) in [5.74, 6) is 1.18. The fraction of sp³-hybridized carbons (Fsp3) is 0.476. The monoisotopic (exact) mass is 419 g/mol. The zero-order valence-electron chi connectivity index (χ0n) is 16.3. The van der Waals surface area contributed by atoms with Crippen LogP contribution in [0.15, 0.2) is 47.5 Å². The largest absolute Gasteiger partial charge is 0.490 e. The minimum atomic E-state index is -3.45. The second kappa shape index (κ2) is 8.67. The molecule has 8 heteroatoms. The summed E-state index contributed by atoms with van der Waals surface area (Å²) >= 11 is 0. The van der Waals surface area contributed by atoms with E-state index < -0.39 is 10.0 Å². The molecule has 1 aromatic carbocycles. The number of ether oxygens (including phenoxy) is 1. The minimum absolute atomic E-state index is 0.0791. The SMILES string of the molecule is O=S(=O)(c1ccc(N2CCC(Oc3ccc(F)cc3)CC2)nc1)N1CCCCC1. The molecule has 4 rings (SSSR count). The van der Waals surface area contributed by atoms with Crippen LogP contribution in [0.25, 0.3) is 0 Å². The molecule has 0 atom stereocenters. The fourth-order valence-electron chi connectivity index (χ4n) is 3.87. The zero-order chi connectivity index (χ0) is 20.3. The van der Waals surface area contributed by atoms with Gasteiger partial charge in [0.15, 0.2) is 0 Å². The molecule has 2 aromatic rings. The van der Waals surface area contributed by atoms with Gasteiger partial charge in [-0.15, -0.1) is 0 Å². The number of rotatable bonds is 5. The van der Waals surface area contributed by atoms with Gasteiger partial charge in [0, 0.05) is 45.2 Å². The quantitative estimate of drug-likeness (QED) is 0.743. The molecule has 0 N–H and O–H groups in total. The molecule has 156 valence electrons. The third-order valence-corrected chi connectivity index (χ3v) is 7.44. The Kier molecular flexibility index (Phi) is 6.01. The van der Waals surface area contributed by atoms with Crippen molar-refractivity contribution in [1.29, 1.82) is 0 Å². The highest BCUT2D eigenvalue weighted by Crippen LogP contribution is 2.25. The molecule has 2 fully saturated rings. The highest BCUT2D eigenvalue weighted by molar-refractivity contribution is 7.89. The van der Waals surface area contributed by atoms with Crippen molar-refractivity contribution in [2.75, 3.05) is 31.1 Å². The number of anilines is 1. The lowest BCUT2D eigenvalue weighted by molar-refractivity contribution is 0.170. The van der Waals surface area contributed by atoms with Crippen molar-refractivity contribution in [2.24, 2.45) is 0 Å². The van der Waals surface area contributed by atoms with E-state index in [0.29, 0.717) is 18.8 Å². The standard InChI is InChI=1S/C21H26FN3O3S/c22-17-4-6-18(7-5-17)28-19-10-14-24(15-11-19)21-9-8-20(16-23-21)29(26,27)25-12-2-1-3-13-25/h4-9,16,19H,1-3,10-15H2. The van der Waals surface area contributed by atoms with Crippen LogP contribution in [0.1, 0.15) is 32.1 Å². The molecule has 0 saturated carbocycles. The van der Waals surface area contributed by atoms with Crippen LogP contribution in [0.5, 0.6) is 5.75 Å². The fourth-order valence-corrected chi connectivity index (χ4v) is 5.34. The Morgan fingerprint density at radius 3 is 2.24 bits per heavy atom. The zero-order valence-corrected chi connectivity index (χ0v) is 17.2. The van der Waals surface area contributed by atoms with Crippen molar-refractivity contribution in [3.8, 4) is 5.75 Å². The predicted octanol–water partition coefficient (Wildman–Crippen LogP) is 3.44. The van der Waals surface area contributed by atoms with E-state index in [1.54, 1.807) is 28.6 Å². The molecule has 0 amide bonds. The van der Waals surface area contributed by atoms with Gasteiger partial charge in [-0.1, -0.05) is 6.42 Å². The molecule has 0 bridgehead atoms. The van der Waals surface area contributed by atoms with Gasteiger partial charge in [-0.3, -0.25) is 0 Å². The van der Waals surface area contributed by atoms with Crippen molar-refractivity contribution in [3.05, 3.63) is 48.4 Å². The Morgan fingerprint density at radius 2 is 1.62 bits per heavy atom. The maximum atomic E-state index is 13.0. The molecule has 2 aliphatic rings. The lowest BCUT2D eigenvalue weighted by atomic mass is 10.1. The molecule has 29 heavy (non-hydrogen) atoms. The summed E-state index contributed by atoms with van der Waals surface area (Å²) in [4.78, 5) is 6.82. The number of nitrogens with zero attached hydrogens (tertiary/aromatic N) is 3. The number of sulfonamides is 1. The molecule has 3 heterocycles. The number of hydrogen-bond donors (Lipinski definition) is 0. The number of benzene rings is 1. The van der Waals surface area contributed by atoms with Crippen LogP contribution in [-0.2, 0) is 10.0 Å². The van der Waals surface area contributed by atoms with Crippen molar-refractivity contribution < 1.29 is 17.5 Å². The molecule has 0 radical (unpaired) electrons. The van der Waals surface area contributed by atoms with Gasteiger partial charge in [-0.2, -0.15) is 4.31 Å². The maximum Gasteiger partial charge on any atom is 0.244 e. The van der Waals surface area contributed by atoms with E-state index in [4.69, 9.17) is 4.74 Å². The van der Waals surface area contributed by atoms with Crippen LogP contribution >= 0.6 is 0 Å². The van der Waals surface area contributed by atoms with Crippen LogP contribution in [0.2, 0.25) is 0 Å². The summed E-state index contributed by atoms with van der Waals surface area (Å²) in [5, 5.41) is 0. The molecule has 2 saturated heterocycles. The number of aromatic nitrogens is 1. The third-order valence-electron chi connectivity index (χ3n) is 5.56. The molecular formula is C21H26FN3O3S. The topological polar surface area (TPSA) is 62.7 Å². The first-order valence-electron chi connectivity index (χ1n) is 10.2. The van der Waals surface area contributed by atoms with Gasteiger partial charge in [-0.25, -0.2) is 17.8 Å². The second-order valence-electron chi connectivity index (χ2n) is 7.58. The van der Waals surface area contributed by atoms with Gasteiger partial charge >= 0.3 is 0 Å². The average molecular weight is 420 g/mol. The van der Waals surface area contributed by atoms with Gasteiger partial charge in [-0.05, 0) is 49.2 Å². The van der Waals surface area contributed by atoms with E-state index in [-0.39, 0.29) is 16.8 Å². The van der Waals surface area contributed by atoms with E-state index in [2.05, 4.69) is 9.88 Å². The Bertz CT molecular complexity index is 905. The molecule has 0 spiro atoms. The van der Waals surface area contributed by atoms with Crippen LogP contribution in [-0.4, -0.2) is 50.0 Å². The van der Waals surface area contributed by atoms with Gasteiger partial charge in [0.2, 0.25) is 10.0 Å². The third kappa shape index (κ3) is 4.70. The van der Waals surface area contributed by atoms with E-state index in [1.165, 1.54) is 18.3 Å². The summed E-state index contributed by atoms with van der Waals surface area (Å²) in [6, 6.07) is 9.53.